The number of aromatic nitrogens is 2. The smallest absolute Gasteiger partial charge is 0.225 e. The first-order valence-corrected chi connectivity index (χ1v) is 6.47. The van der Waals surface area contributed by atoms with Gasteiger partial charge in [-0.3, -0.25) is 0 Å². The molecule has 0 spiro atoms. The number of aliphatic hydroxyl groups is 1. The summed E-state index contributed by atoms with van der Waals surface area (Å²) >= 11 is 0. The van der Waals surface area contributed by atoms with E-state index < -0.39 is 0 Å². The number of hydrogen-bond donors (Lipinski definition) is 1. The summed E-state index contributed by atoms with van der Waals surface area (Å²) in [4.78, 5) is 10.9. The van der Waals surface area contributed by atoms with Crippen LogP contribution in [0, 0.1) is 5.92 Å². The normalized spacial score (nSPS) is 20.4. The van der Waals surface area contributed by atoms with E-state index in [1.54, 1.807) is 0 Å². The SMILES string of the molecule is CC(C)Cc1cnc(N2CCOC(CO)C2)nc1. The molecular weight excluding hydrogens is 230 g/mol. The van der Waals surface area contributed by atoms with E-state index in [0.29, 0.717) is 19.1 Å². The molecule has 1 aromatic rings. The molecule has 0 saturated carbocycles. The van der Waals surface area contributed by atoms with Crippen LogP contribution in [-0.2, 0) is 11.2 Å². The van der Waals surface area contributed by atoms with Gasteiger partial charge in [-0.2, -0.15) is 0 Å². The Balaban J connectivity index is 2.00. The molecule has 1 aliphatic rings. The number of rotatable bonds is 4. The zero-order chi connectivity index (χ0) is 13.0. The molecule has 1 atom stereocenters. The molecule has 1 fully saturated rings. The average molecular weight is 251 g/mol. The van der Waals surface area contributed by atoms with Crippen molar-refractivity contribution in [2.24, 2.45) is 5.92 Å². The van der Waals surface area contributed by atoms with Crippen molar-refractivity contribution in [2.75, 3.05) is 31.2 Å². The Hall–Kier alpha value is -1.20. The van der Waals surface area contributed by atoms with Crippen molar-refractivity contribution < 1.29 is 9.84 Å². The Labute approximate surface area is 108 Å². The predicted molar refractivity (Wildman–Crippen MR) is 69.6 cm³/mol. The quantitative estimate of drug-likeness (QED) is 0.860. The fraction of sp³-hybridized carbons (Fsp3) is 0.692. The highest BCUT2D eigenvalue weighted by atomic mass is 16.5. The third-order valence-corrected chi connectivity index (χ3v) is 2.96. The van der Waals surface area contributed by atoms with Crippen molar-refractivity contribution >= 4 is 5.95 Å². The number of morpholine rings is 1. The second-order valence-electron chi connectivity index (χ2n) is 5.11. The van der Waals surface area contributed by atoms with Gasteiger partial charge in [0.15, 0.2) is 0 Å². The molecule has 1 saturated heterocycles. The van der Waals surface area contributed by atoms with Crippen LogP contribution < -0.4 is 4.90 Å². The molecule has 18 heavy (non-hydrogen) atoms. The summed E-state index contributed by atoms with van der Waals surface area (Å²) < 4.78 is 5.41. The summed E-state index contributed by atoms with van der Waals surface area (Å²) in [6, 6.07) is 0. The molecule has 0 amide bonds. The zero-order valence-electron chi connectivity index (χ0n) is 11.0. The first-order valence-electron chi connectivity index (χ1n) is 6.47. The Morgan fingerprint density at radius 3 is 2.78 bits per heavy atom. The van der Waals surface area contributed by atoms with Gasteiger partial charge in [0.2, 0.25) is 5.95 Å². The van der Waals surface area contributed by atoms with E-state index in [-0.39, 0.29) is 12.7 Å². The van der Waals surface area contributed by atoms with Gasteiger partial charge in [0.1, 0.15) is 0 Å². The van der Waals surface area contributed by atoms with Crippen LogP contribution in [0.2, 0.25) is 0 Å². The molecular formula is C13H21N3O2. The van der Waals surface area contributed by atoms with Crippen molar-refractivity contribution in [3.05, 3.63) is 18.0 Å². The van der Waals surface area contributed by atoms with Crippen LogP contribution in [0.25, 0.3) is 0 Å². The number of nitrogens with zero attached hydrogens (tertiary/aromatic N) is 3. The lowest BCUT2D eigenvalue weighted by Gasteiger charge is -2.31. The zero-order valence-corrected chi connectivity index (χ0v) is 11.0. The van der Waals surface area contributed by atoms with Crippen LogP contribution in [0.1, 0.15) is 19.4 Å². The first kappa shape index (κ1) is 13.2. The van der Waals surface area contributed by atoms with Crippen LogP contribution in [0.4, 0.5) is 5.95 Å². The molecule has 2 rings (SSSR count). The van der Waals surface area contributed by atoms with E-state index >= 15 is 0 Å². The lowest BCUT2D eigenvalue weighted by atomic mass is 10.1. The minimum atomic E-state index is -0.127. The molecule has 1 unspecified atom stereocenters. The Morgan fingerprint density at radius 1 is 1.44 bits per heavy atom. The van der Waals surface area contributed by atoms with Crippen molar-refractivity contribution in [3.8, 4) is 0 Å². The van der Waals surface area contributed by atoms with Gasteiger partial charge in [-0.05, 0) is 17.9 Å². The fourth-order valence-corrected chi connectivity index (χ4v) is 2.10. The predicted octanol–water partition coefficient (Wildman–Crippen LogP) is 0.873. The van der Waals surface area contributed by atoms with E-state index in [0.717, 1.165) is 18.9 Å². The Kier molecular flexibility index (Phi) is 4.49. The van der Waals surface area contributed by atoms with Gasteiger partial charge >= 0.3 is 0 Å². The largest absolute Gasteiger partial charge is 0.394 e. The fourth-order valence-electron chi connectivity index (χ4n) is 2.10. The molecule has 100 valence electrons. The van der Waals surface area contributed by atoms with Crippen LogP contribution in [-0.4, -0.2) is 47.5 Å². The van der Waals surface area contributed by atoms with E-state index in [2.05, 4.69) is 28.7 Å². The summed E-state index contributed by atoms with van der Waals surface area (Å²) in [5.74, 6) is 1.34. The maximum atomic E-state index is 9.11. The van der Waals surface area contributed by atoms with E-state index in [9.17, 15) is 0 Å². The average Bonchev–Trinajstić information content (AvgIpc) is 2.39. The van der Waals surface area contributed by atoms with E-state index in [1.807, 2.05) is 12.4 Å². The first-order chi connectivity index (χ1) is 8.69. The summed E-state index contributed by atoms with van der Waals surface area (Å²) in [6.45, 7) is 6.45. The molecule has 5 nitrogen and oxygen atoms in total. The number of aliphatic hydroxyl groups excluding tert-OH is 1. The lowest BCUT2D eigenvalue weighted by molar-refractivity contribution is 0.00314. The van der Waals surface area contributed by atoms with Crippen LogP contribution >= 0.6 is 0 Å². The standard InChI is InChI=1S/C13H21N3O2/c1-10(2)5-11-6-14-13(15-7-11)16-3-4-18-12(8-16)9-17/h6-7,10,12,17H,3-5,8-9H2,1-2H3. The van der Waals surface area contributed by atoms with Gasteiger partial charge in [-0.25, -0.2) is 9.97 Å². The molecule has 0 aromatic carbocycles. The van der Waals surface area contributed by atoms with Gasteiger partial charge in [0.25, 0.3) is 0 Å². The van der Waals surface area contributed by atoms with E-state index in [1.165, 1.54) is 5.56 Å². The van der Waals surface area contributed by atoms with E-state index in [4.69, 9.17) is 9.84 Å². The minimum absolute atomic E-state index is 0.0436. The van der Waals surface area contributed by atoms with Crippen LogP contribution in [0.15, 0.2) is 12.4 Å². The van der Waals surface area contributed by atoms with Gasteiger partial charge in [0, 0.05) is 25.5 Å². The Morgan fingerprint density at radius 2 is 2.17 bits per heavy atom. The third kappa shape index (κ3) is 3.40. The summed E-state index contributed by atoms with van der Waals surface area (Å²) in [5, 5.41) is 9.11. The molecule has 5 heteroatoms. The van der Waals surface area contributed by atoms with Crippen molar-refractivity contribution in [1.82, 2.24) is 9.97 Å². The second kappa shape index (κ2) is 6.11. The monoisotopic (exact) mass is 251 g/mol. The van der Waals surface area contributed by atoms with Gasteiger partial charge in [-0.15, -0.1) is 0 Å². The maximum absolute atomic E-state index is 9.11. The van der Waals surface area contributed by atoms with Crippen LogP contribution in [0.3, 0.4) is 0 Å². The van der Waals surface area contributed by atoms with Gasteiger partial charge in [0.05, 0.1) is 19.3 Å². The van der Waals surface area contributed by atoms with Crippen LogP contribution in [0.5, 0.6) is 0 Å². The molecule has 1 N–H and O–H groups in total. The summed E-state index contributed by atoms with van der Waals surface area (Å²) in [6.07, 6.45) is 4.66. The minimum Gasteiger partial charge on any atom is -0.394 e. The van der Waals surface area contributed by atoms with Gasteiger partial charge in [-0.1, -0.05) is 13.8 Å². The topological polar surface area (TPSA) is 58.5 Å². The highest BCUT2D eigenvalue weighted by Crippen LogP contribution is 2.13. The molecule has 0 bridgehead atoms. The Bertz CT molecular complexity index is 367. The molecule has 2 heterocycles. The molecule has 0 radical (unpaired) electrons. The summed E-state index contributed by atoms with van der Waals surface area (Å²) in [5.41, 5.74) is 1.17. The van der Waals surface area contributed by atoms with Crippen molar-refractivity contribution in [2.45, 2.75) is 26.4 Å². The van der Waals surface area contributed by atoms with Crippen molar-refractivity contribution in [3.63, 3.8) is 0 Å². The highest BCUT2D eigenvalue weighted by Gasteiger charge is 2.21. The second-order valence-corrected chi connectivity index (χ2v) is 5.11. The maximum Gasteiger partial charge on any atom is 0.225 e. The summed E-state index contributed by atoms with van der Waals surface area (Å²) in [7, 11) is 0. The molecule has 0 aliphatic carbocycles. The molecule has 1 aromatic heterocycles. The van der Waals surface area contributed by atoms with Gasteiger partial charge < -0.3 is 14.7 Å². The number of anilines is 1. The lowest BCUT2D eigenvalue weighted by Crippen LogP contribution is -2.44. The molecule has 1 aliphatic heterocycles. The number of hydrogen-bond acceptors (Lipinski definition) is 5. The number of ether oxygens (including phenoxy) is 1. The highest BCUT2D eigenvalue weighted by molar-refractivity contribution is 5.30. The van der Waals surface area contributed by atoms with Crippen molar-refractivity contribution in [1.29, 1.82) is 0 Å². The third-order valence-electron chi connectivity index (χ3n) is 2.96.